The normalized spacial score (nSPS) is 15.4. The van der Waals surface area contributed by atoms with Gasteiger partial charge in [0.25, 0.3) is 5.56 Å². The first-order chi connectivity index (χ1) is 8.77. The van der Waals surface area contributed by atoms with Crippen molar-refractivity contribution in [1.29, 1.82) is 0 Å². The lowest BCUT2D eigenvalue weighted by Crippen LogP contribution is -2.59. The van der Waals surface area contributed by atoms with E-state index in [0.29, 0.717) is 11.9 Å². The van der Waals surface area contributed by atoms with Crippen LogP contribution in [0, 0.1) is 0 Å². The summed E-state index contributed by atoms with van der Waals surface area (Å²) in [6.07, 6.45) is 5.50. The van der Waals surface area contributed by atoms with Gasteiger partial charge in [0.15, 0.2) is 5.82 Å². The van der Waals surface area contributed by atoms with Crippen LogP contribution in [0.25, 0.3) is 0 Å². The van der Waals surface area contributed by atoms with Gasteiger partial charge in [0.2, 0.25) is 0 Å². The van der Waals surface area contributed by atoms with Gasteiger partial charge in [-0.1, -0.05) is 13.8 Å². The molecule has 0 unspecified atom stereocenters. The van der Waals surface area contributed by atoms with E-state index in [0.717, 1.165) is 39.0 Å². The fraction of sp³-hybridized carbons (Fsp3) is 0.692. The number of anilines is 1. The Morgan fingerprint density at radius 1 is 1.44 bits per heavy atom. The Kier molecular flexibility index (Phi) is 4.36. The quantitative estimate of drug-likeness (QED) is 0.813. The Balaban J connectivity index is 2.28. The monoisotopic (exact) mass is 250 g/mol. The average molecular weight is 250 g/mol. The third-order valence-electron chi connectivity index (χ3n) is 3.30. The van der Waals surface area contributed by atoms with Gasteiger partial charge in [-0.05, 0) is 12.8 Å². The zero-order valence-electron chi connectivity index (χ0n) is 11.2. The van der Waals surface area contributed by atoms with Crippen LogP contribution in [0.2, 0.25) is 0 Å². The number of nitrogens with zero attached hydrogens (tertiary/aromatic N) is 3. The molecule has 0 bridgehead atoms. The third-order valence-corrected chi connectivity index (χ3v) is 3.30. The van der Waals surface area contributed by atoms with E-state index in [1.807, 2.05) is 0 Å². The molecule has 100 valence electrons. The molecule has 1 aromatic heterocycles. The van der Waals surface area contributed by atoms with Crippen LogP contribution >= 0.6 is 0 Å². The molecule has 0 spiro atoms. The van der Waals surface area contributed by atoms with Crippen LogP contribution in [0.5, 0.6) is 0 Å². The number of rotatable bonds is 6. The van der Waals surface area contributed by atoms with Crippen LogP contribution in [0.3, 0.4) is 0 Å². The molecule has 5 heteroatoms. The van der Waals surface area contributed by atoms with Crippen LogP contribution in [-0.4, -0.2) is 35.2 Å². The Hall–Kier alpha value is -1.36. The molecule has 0 atom stereocenters. The van der Waals surface area contributed by atoms with Crippen molar-refractivity contribution in [3.63, 3.8) is 0 Å². The van der Waals surface area contributed by atoms with Crippen molar-refractivity contribution in [1.82, 2.24) is 14.9 Å². The van der Waals surface area contributed by atoms with E-state index in [9.17, 15) is 4.79 Å². The summed E-state index contributed by atoms with van der Waals surface area (Å²) in [4.78, 5) is 18.8. The van der Waals surface area contributed by atoms with Gasteiger partial charge in [0.05, 0.1) is 6.04 Å². The van der Waals surface area contributed by atoms with E-state index in [1.165, 1.54) is 0 Å². The zero-order chi connectivity index (χ0) is 13.0. The molecular formula is C13H22N4O. The summed E-state index contributed by atoms with van der Waals surface area (Å²) in [7, 11) is 0. The Morgan fingerprint density at radius 2 is 2.22 bits per heavy atom. The molecule has 0 saturated carbocycles. The summed E-state index contributed by atoms with van der Waals surface area (Å²) in [5.74, 6) is 0.610. The van der Waals surface area contributed by atoms with Crippen molar-refractivity contribution in [2.45, 2.75) is 39.3 Å². The van der Waals surface area contributed by atoms with Crippen molar-refractivity contribution in [3.05, 3.63) is 22.7 Å². The molecule has 1 N–H and O–H groups in total. The Morgan fingerprint density at radius 3 is 2.78 bits per heavy atom. The van der Waals surface area contributed by atoms with Crippen molar-refractivity contribution < 1.29 is 0 Å². The van der Waals surface area contributed by atoms with E-state index in [-0.39, 0.29) is 5.56 Å². The highest BCUT2D eigenvalue weighted by atomic mass is 16.1. The first-order valence-electron chi connectivity index (χ1n) is 6.80. The predicted molar refractivity (Wildman–Crippen MR) is 73.1 cm³/mol. The highest BCUT2D eigenvalue weighted by Crippen LogP contribution is 2.12. The van der Waals surface area contributed by atoms with Gasteiger partial charge < -0.3 is 14.8 Å². The highest BCUT2D eigenvalue weighted by Gasteiger charge is 2.27. The largest absolute Gasteiger partial charge is 0.346 e. The summed E-state index contributed by atoms with van der Waals surface area (Å²) in [5.41, 5.74) is 0.0414. The van der Waals surface area contributed by atoms with Crippen LogP contribution in [0.1, 0.15) is 26.7 Å². The van der Waals surface area contributed by atoms with Gasteiger partial charge in [-0.15, -0.1) is 0 Å². The Labute approximate surface area is 108 Å². The van der Waals surface area contributed by atoms with E-state index in [4.69, 9.17) is 0 Å². The van der Waals surface area contributed by atoms with E-state index in [1.54, 1.807) is 17.0 Å². The van der Waals surface area contributed by atoms with Gasteiger partial charge in [0.1, 0.15) is 0 Å². The van der Waals surface area contributed by atoms with Crippen LogP contribution in [0.15, 0.2) is 17.2 Å². The van der Waals surface area contributed by atoms with Crippen LogP contribution < -0.4 is 15.8 Å². The molecule has 2 rings (SSSR count). The minimum absolute atomic E-state index is 0.0414. The summed E-state index contributed by atoms with van der Waals surface area (Å²) in [6.45, 7) is 7.76. The predicted octanol–water partition coefficient (Wildman–Crippen LogP) is 0.841. The smallest absolute Gasteiger partial charge is 0.293 e. The third kappa shape index (κ3) is 2.56. The number of hydrogen-bond donors (Lipinski definition) is 1. The lowest BCUT2D eigenvalue weighted by molar-refractivity contribution is 0.408. The summed E-state index contributed by atoms with van der Waals surface area (Å²) < 4.78 is 1.76. The maximum atomic E-state index is 12.4. The fourth-order valence-corrected chi connectivity index (χ4v) is 2.25. The summed E-state index contributed by atoms with van der Waals surface area (Å²) in [6, 6.07) is 0.419. The molecule has 5 nitrogen and oxygen atoms in total. The number of aromatic nitrogens is 2. The number of nitrogens with one attached hydrogen (secondary N) is 1. The highest BCUT2D eigenvalue weighted by molar-refractivity contribution is 5.38. The van der Waals surface area contributed by atoms with Gasteiger partial charge in [-0.3, -0.25) is 4.79 Å². The molecular weight excluding hydrogens is 228 g/mol. The lowest BCUT2D eigenvalue weighted by atomic mass is 10.1. The molecule has 1 fully saturated rings. The molecule has 18 heavy (non-hydrogen) atoms. The van der Waals surface area contributed by atoms with E-state index in [2.05, 4.69) is 29.0 Å². The standard InChI is InChI=1S/C13H22N4O/c1-3-6-16-8-5-15-12(13(16)18)17(7-4-2)11-9-14-10-11/h5,8,11,14H,3-4,6-7,9-10H2,1-2H3. The van der Waals surface area contributed by atoms with Gasteiger partial charge in [-0.25, -0.2) is 4.98 Å². The zero-order valence-corrected chi connectivity index (χ0v) is 11.2. The molecule has 2 heterocycles. The topological polar surface area (TPSA) is 50.2 Å². The molecule has 0 aromatic carbocycles. The minimum atomic E-state index is 0.0414. The van der Waals surface area contributed by atoms with Crippen molar-refractivity contribution in [3.8, 4) is 0 Å². The van der Waals surface area contributed by atoms with Crippen LogP contribution in [0.4, 0.5) is 5.82 Å². The molecule has 0 amide bonds. The fourth-order valence-electron chi connectivity index (χ4n) is 2.25. The molecule has 0 radical (unpaired) electrons. The maximum absolute atomic E-state index is 12.4. The van der Waals surface area contributed by atoms with E-state index >= 15 is 0 Å². The van der Waals surface area contributed by atoms with Crippen molar-refractivity contribution in [2.75, 3.05) is 24.5 Å². The average Bonchev–Trinajstić information content (AvgIpc) is 2.29. The molecule has 1 aliphatic rings. The van der Waals surface area contributed by atoms with Crippen LogP contribution in [-0.2, 0) is 6.54 Å². The number of aryl methyl sites for hydroxylation is 1. The number of hydrogen-bond acceptors (Lipinski definition) is 4. The maximum Gasteiger partial charge on any atom is 0.293 e. The van der Waals surface area contributed by atoms with Gasteiger partial charge in [0, 0.05) is 38.6 Å². The second-order valence-corrected chi connectivity index (χ2v) is 4.75. The molecule has 1 aromatic rings. The molecule has 0 aliphatic carbocycles. The summed E-state index contributed by atoms with van der Waals surface area (Å²) >= 11 is 0. The second kappa shape index (κ2) is 6.00. The molecule has 1 aliphatic heterocycles. The van der Waals surface area contributed by atoms with E-state index < -0.39 is 0 Å². The lowest BCUT2D eigenvalue weighted by Gasteiger charge is -2.38. The first kappa shape index (κ1) is 13.1. The van der Waals surface area contributed by atoms with Crippen molar-refractivity contribution >= 4 is 5.82 Å². The summed E-state index contributed by atoms with van der Waals surface area (Å²) in [5, 5.41) is 3.25. The van der Waals surface area contributed by atoms with Gasteiger partial charge >= 0.3 is 0 Å². The first-order valence-corrected chi connectivity index (χ1v) is 6.80. The van der Waals surface area contributed by atoms with Gasteiger partial charge in [-0.2, -0.15) is 0 Å². The second-order valence-electron chi connectivity index (χ2n) is 4.75. The SMILES string of the molecule is CCCN(c1nccn(CCC)c1=O)C1CNC1. The Bertz CT molecular complexity index is 439. The van der Waals surface area contributed by atoms with Crippen molar-refractivity contribution in [2.24, 2.45) is 0 Å². The minimum Gasteiger partial charge on any atom is -0.346 e. The molecule has 1 saturated heterocycles.